The first-order valence-corrected chi connectivity index (χ1v) is 15.8. The SMILES string of the molecule is NC(=O)C1(c2cn[nH]c2-c2ccccc2CNCCOCCOCCNc2cccc3c2C(=O)N(C2CCC(=O)NC2=O)C3=O)COC=N1. The van der Waals surface area contributed by atoms with E-state index in [1.807, 2.05) is 24.3 Å². The van der Waals surface area contributed by atoms with Gasteiger partial charge in [-0.25, -0.2) is 4.99 Å². The first-order valence-electron chi connectivity index (χ1n) is 15.8. The molecule has 49 heavy (non-hydrogen) atoms. The zero-order chi connectivity index (χ0) is 34.4. The van der Waals surface area contributed by atoms with Crippen LogP contribution in [0, 0.1) is 0 Å². The van der Waals surface area contributed by atoms with Gasteiger partial charge in [-0.1, -0.05) is 30.3 Å². The molecule has 6 rings (SSSR count). The summed E-state index contributed by atoms with van der Waals surface area (Å²) >= 11 is 0. The maximum Gasteiger partial charge on any atom is 0.264 e. The summed E-state index contributed by atoms with van der Waals surface area (Å²) in [5.74, 6) is -2.82. The number of anilines is 1. The number of primary amides is 1. The Balaban J connectivity index is 0.904. The van der Waals surface area contributed by atoms with Crippen LogP contribution in [0.25, 0.3) is 11.3 Å². The van der Waals surface area contributed by atoms with Crippen molar-refractivity contribution >= 4 is 41.6 Å². The number of benzene rings is 2. The number of nitrogens with zero attached hydrogens (tertiary/aromatic N) is 3. The lowest BCUT2D eigenvalue weighted by Crippen LogP contribution is -2.54. The van der Waals surface area contributed by atoms with Gasteiger partial charge in [0, 0.05) is 42.9 Å². The van der Waals surface area contributed by atoms with E-state index in [9.17, 15) is 24.0 Å². The number of fused-ring (bicyclic) bond motifs is 1. The summed E-state index contributed by atoms with van der Waals surface area (Å²) < 4.78 is 16.6. The quantitative estimate of drug-likeness (QED) is 0.104. The molecule has 1 fully saturated rings. The van der Waals surface area contributed by atoms with E-state index in [1.165, 1.54) is 6.40 Å². The van der Waals surface area contributed by atoms with Gasteiger partial charge in [0.15, 0.2) is 6.40 Å². The summed E-state index contributed by atoms with van der Waals surface area (Å²) in [6, 6.07) is 11.6. The smallest absolute Gasteiger partial charge is 0.264 e. The molecule has 4 heterocycles. The molecule has 1 saturated heterocycles. The number of H-pyrrole nitrogens is 1. The molecule has 0 saturated carbocycles. The van der Waals surface area contributed by atoms with Crippen molar-refractivity contribution in [1.82, 2.24) is 25.7 Å². The van der Waals surface area contributed by atoms with Gasteiger partial charge in [-0.3, -0.25) is 39.3 Å². The topological polar surface area (TPSA) is 219 Å². The molecule has 2 atom stereocenters. The Bertz CT molecular complexity index is 1790. The van der Waals surface area contributed by atoms with Crippen molar-refractivity contribution in [3.05, 3.63) is 70.9 Å². The molecule has 2 unspecified atom stereocenters. The predicted octanol–water partition coefficient (Wildman–Crippen LogP) is 0.452. The van der Waals surface area contributed by atoms with E-state index in [-0.39, 0.29) is 30.6 Å². The summed E-state index contributed by atoms with van der Waals surface area (Å²) in [6.07, 6.45) is 2.94. The third-order valence-corrected chi connectivity index (χ3v) is 8.56. The first kappa shape index (κ1) is 33.5. The minimum atomic E-state index is -1.34. The molecule has 0 radical (unpaired) electrons. The van der Waals surface area contributed by atoms with Gasteiger partial charge in [0.2, 0.25) is 17.4 Å². The van der Waals surface area contributed by atoms with E-state index in [4.69, 9.17) is 19.9 Å². The molecule has 16 heteroatoms. The number of nitrogens with one attached hydrogen (secondary N) is 4. The van der Waals surface area contributed by atoms with Gasteiger partial charge >= 0.3 is 0 Å². The van der Waals surface area contributed by atoms with Crippen LogP contribution in [0.1, 0.15) is 44.7 Å². The standard InChI is InChI=1S/C33H36N8O8/c34-32(46)33(18-49-19-37-33)23-17-38-40-28(23)21-5-2-1-4-20(21)16-35-10-12-47-14-15-48-13-11-36-24-7-3-6-22-27(24)31(45)41(30(22)44)25-8-9-26(42)39-29(25)43/h1-7,17,19,25,35-36H,8-16,18H2,(H2,34,46)(H,38,40)(H,39,42,43). The van der Waals surface area contributed by atoms with Crippen molar-refractivity contribution in [3.63, 3.8) is 0 Å². The third kappa shape index (κ3) is 6.78. The van der Waals surface area contributed by atoms with Crippen LogP contribution in [0.15, 0.2) is 53.7 Å². The van der Waals surface area contributed by atoms with Crippen molar-refractivity contribution in [2.24, 2.45) is 10.7 Å². The van der Waals surface area contributed by atoms with Crippen molar-refractivity contribution in [2.75, 3.05) is 51.4 Å². The number of aliphatic imine (C=N–C) groups is 1. The van der Waals surface area contributed by atoms with Crippen LogP contribution in [0.4, 0.5) is 5.69 Å². The van der Waals surface area contributed by atoms with E-state index in [2.05, 4.69) is 31.1 Å². The number of aromatic amines is 1. The van der Waals surface area contributed by atoms with E-state index >= 15 is 0 Å². The molecule has 3 aromatic rings. The number of amides is 5. The van der Waals surface area contributed by atoms with Crippen LogP contribution < -0.4 is 21.7 Å². The second-order valence-electron chi connectivity index (χ2n) is 11.6. The first-order chi connectivity index (χ1) is 23.8. The number of hydrogen-bond donors (Lipinski definition) is 5. The average molecular weight is 673 g/mol. The molecule has 256 valence electrons. The van der Waals surface area contributed by atoms with Crippen molar-refractivity contribution in [2.45, 2.75) is 31.0 Å². The molecule has 0 spiro atoms. The number of ether oxygens (including phenoxy) is 3. The maximum atomic E-state index is 13.2. The second kappa shape index (κ2) is 14.8. The van der Waals surface area contributed by atoms with E-state index in [0.717, 1.165) is 16.0 Å². The lowest BCUT2D eigenvalue weighted by atomic mass is 9.88. The molecule has 0 aliphatic carbocycles. The van der Waals surface area contributed by atoms with Crippen LogP contribution in [0.5, 0.6) is 0 Å². The number of carbonyl (C=O) groups is 5. The molecular formula is C33H36N8O8. The molecule has 5 amide bonds. The largest absolute Gasteiger partial charge is 0.480 e. The zero-order valence-electron chi connectivity index (χ0n) is 26.5. The van der Waals surface area contributed by atoms with Crippen LogP contribution in [0.2, 0.25) is 0 Å². The third-order valence-electron chi connectivity index (χ3n) is 8.56. The minimum Gasteiger partial charge on any atom is -0.480 e. The lowest BCUT2D eigenvalue weighted by molar-refractivity contribution is -0.136. The van der Waals surface area contributed by atoms with Gasteiger partial charge in [0.05, 0.1) is 49.4 Å². The van der Waals surface area contributed by atoms with Gasteiger partial charge in [-0.15, -0.1) is 0 Å². The molecular weight excluding hydrogens is 636 g/mol. The van der Waals surface area contributed by atoms with Crippen LogP contribution in [0.3, 0.4) is 0 Å². The summed E-state index contributed by atoms with van der Waals surface area (Å²) in [6.45, 7) is 3.00. The number of nitrogens with two attached hydrogens (primary N) is 1. The Labute approximate surface area is 280 Å². The van der Waals surface area contributed by atoms with Gasteiger partial charge < -0.3 is 30.6 Å². The Morgan fingerprint density at radius 3 is 2.53 bits per heavy atom. The van der Waals surface area contributed by atoms with Crippen LogP contribution >= 0.6 is 0 Å². The number of rotatable bonds is 16. The molecule has 3 aliphatic rings. The van der Waals surface area contributed by atoms with Crippen molar-refractivity contribution < 1.29 is 38.2 Å². The number of hydrogen-bond acceptors (Lipinski definition) is 12. The van der Waals surface area contributed by atoms with E-state index < -0.39 is 41.1 Å². The zero-order valence-corrected chi connectivity index (χ0v) is 26.5. The predicted molar refractivity (Wildman–Crippen MR) is 174 cm³/mol. The second-order valence-corrected chi connectivity index (χ2v) is 11.6. The molecule has 1 aromatic heterocycles. The summed E-state index contributed by atoms with van der Waals surface area (Å²) in [4.78, 5) is 67.6. The highest BCUT2D eigenvalue weighted by molar-refractivity contribution is 6.25. The maximum absolute atomic E-state index is 13.2. The van der Waals surface area contributed by atoms with Gasteiger partial charge in [-0.05, 0) is 24.1 Å². The normalized spacial score (nSPS) is 20.0. The Morgan fingerprint density at radius 2 is 1.78 bits per heavy atom. The fraction of sp³-hybridized carbons (Fsp3) is 0.364. The number of piperidine rings is 1. The van der Waals surface area contributed by atoms with Gasteiger partial charge in [0.25, 0.3) is 17.7 Å². The Kier molecular flexibility index (Phi) is 10.1. The highest BCUT2D eigenvalue weighted by Gasteiger charge is 2.46. The monoisotopic (exact) mass is 672 g/mol. The van der Waals surface area contributed by atoms with E-state index in [1.54, 1.807) is 24.4 Å². The number of aromatic nitrogens is 2. The summed E-state index contributed by atoms with van der Waals surface area (Å²) in [5, 5.41) is 15.8. The minimum absolute atomic E-state index is 0.0118. The summed E-state index contributed by atoms with van der Waals surface area (Å²) in [5.41, 5.74) is 8.28. The van der Waals surface area contributed by atoms with Gasteiger partial charge in [-0.2, -0.15) is 5.10 Å². The van der Waals surface area contributed by atoms with Crippen molar-refractivity contribution in [1.29, 1.82) is 0 Å². The number of carbonyl (C=O) groups excluding carboxylic acids is 5. The summed E-state index contributed by atoms with van der Waals surface area (Å²) in [7, 11) is 0. The molecule has 0 bridgehead atoms. The van der Waals surface area contributed by atoms with Crippen LogP contribution in [-0.2, 0) is 40.7 Å². The highest BCUT2D eigenvalue weighted by Crippen LogP contribution is 2.37. The van der Waals surface area contributed by atoms with Crippen molar-refractivity contribution in [3.8, 4) is 11.3 Å². The Morgan fingerprint density at radius 1 is 1.00 bits per heavy atom. The molecule has 3 aliphatic heterocycles. The highest BCUT2D eigenvalue weighted by atomic mass is 16.5. The average Bonchev–Trinajstić information content (AvgIpc) is 3.84. The van der Waals surface area contributed by atoms with Crippen LogP contribution in [-0.4, -0.2) is 103 Å². The fourth-order valence-electron chi connectivity index (χ4n) is 6.07. The lowest BCUT2D eigenvalue weighted by Gasteiger charge is -2.27. The van der Waals surface area contributed by atoms with Gasteiger partial charge in [0.1, 0.15) is 12.6 Å². The fourth-order valence-corrected chi connectivity index (χ4v) is 6.07. The number of imide groups is 2. The van der Waals surface area contributed by atoms with E-state index in [0.29, 0.717) is 63.0 Å². The molecule has 6 N–H and O–H groups in total. The Hall–Kier alpha value is -5.45. The molecule has 2 aromatic carbocycles. The molecule has 16 nitrogen and oxygen atoms in total.